The lowest BCUT2D eigenvalue weighted by Gasteiger charge is -2.10. The summed E-state index contributed by atoms with van der Waals surface area (Å²) in [6, 6.07) is 11.5. The van der Waals surface area contributed by atoms with Gasteiger partial charge in [0, 0.05) is 22.9 Å². The Morgan fingerprint density at radius 1 is 1.22 bits per heavy atom. The van der Waals surface area contributed by atoms with Crippen molar-refractivity contribution in [2.75, 3.05) is 5.32 Å². The molecule has 4 aromatic rings. The zero-order chi connectivity index (χ0) is 19.0. The molecule has 7 nitrogen and oxygen atoms in total. The van der Waals surface area contributed by atoms with Gasteiger partial charge in [0.1, 0.15) is 11.2 Å². The average Bonchev–Trinajstić information content (AvgIpc) is 3.13. The van der Waals surface area contributed by atoms with Gasteiger partial charge in [-0.15, -0.1) is 5.10 Å². The predicted octanol–water partition coefficient (Wildman–Crippen LogP) is 4.28. The van der Waals surface area contributed by atoms with E-state index in [2.05, 4.69) is 36.4 Å². The molecule has 27 heavy (non-hydrogen) atoms. The highest BCUT2D eigenvalue weighted by Crippen LogP contribution is 2.24. The average molecular weight is 426 g/mol. The summed E-state index contributed by atoms with van der Waals surface area (Å²) in [5.41, 5.74) is 2.42. The second-order valence-electron chi connectivity index (χ2n) is 5.99. The number of fused-ring (bicyclic) bond motifs is 1. The van der Waals surface area contributed by atoms with Gasteiger partial charge >= 0.3 is 6.01 Å². The first-order valence-electron chi connectivity index (χ1n) is 8.43. The molecular weight excluding hydrogens is 410 g/mol. The van der Waals surface area contributed by atoms with E-state index >= 15 is 0 Å². The van der Waals surface area contributed by atoms with Crippen molar-refractivity contribution in [3.05, 3.63) is 63.0 Å². The third-order valence-corrected chi connectivity index (χ3v) is 5.00. The van der Waals surface area contributed by atoms with Gasteiger partial charge in [-0.05, 0) is 48.0 Å². The first-order valence-corrected chi connectivity index (χ1v) is 9.22. The number of aryl methyl sites for hydroxylation is 2. The van der Waals surface area contributed by atoms with Gasteiger partial charge in [-0.1, -0.05) is 23.3 Å². The minimum Gasteiger partial charge on any atom is -0.403 e. The Morgan fingerprint density at radius 2 is 2.00 bits per heavy atom. The van der Waals surface area contributed by atoms with E-state index in [-0.39, 0.29) is 17.3 Å². The van der Waals surface area contributed by atoms with Crippen LogP contribution < -0.4 is 10.7 Å². The van der Waals surface area contributed by atoms with E-state index in [1.165, 1.54) is 0 Å². The lowest BCUT2D eigenvalue weighted by atomic mass is 10.2. The number of anilines is 2. The summed E-state index contributed by atoms with van der Waals surface area (Å²) in [5.74, 6) is 0.166. The molecule has 1 N–H and O–H groups in total. The molecule has 0 atom stereocenters. The Morgan fingerprint density at radius 3 is 2.74 bits per heavy atom. The maximum Gasteiger partial charge on any atom is 0.320 e. The fraction of sp³-hybridized carbons (Fsp3) is 0.158. The molecule has 0 fully saturated rings. The van der Waals surface area contributed by atoms with Gasteiger partial charge in [-0.3, -0.25) is 4.79 Å². The van der Waals surface area contributed by atoms with Crippen molar-refractivity contribution in [2.24, 2.45) is 0 Å². The second-order valence-corrected chi connectivity index (χ2v) is 6.84. The third-order valence-electron chi connectivity index (χ3n) is 4.20. The van der Waals surface area contributed by atoms with Crippen molar-refractivity contribution < 1.29 is 4.42 Å². The number of aromatic nitrogens is 4. The molecule has 3 aromatic heterocycles. The summed E-state index contributed by atoms with van der Waals surface area (Å²) < 4.78 is 8.36. The quantitative estimate of drug-likeness (QED) is 0.524. The van der Waals surface area contributed by atoms with Crippen LogP contribution in [0, 0.1) is 6.92 Å². The molecule has 0 radical (unpaired) electrons. The lowest BCUT2D eigenvalue weighted by Crippen LogP contribution is -2.13. The monoisotopic (exact) mass is 425 g/mol. The summed E-state index contributed by atoms with van der Waals surface area (Å²) in [5, 5.41) is 11.6. The maximum atomic E-state index is 13.0. The number of pyridine rings is 2. The number of halogens is 1. The number of hydrogen-bond acceptors (Lipinski definition) is 6. The SMILES string of the molecule is CCn1cc(-c2nnc(Nc3ccccc3)o2)c(=O)c2cc(Br)c(C)nc21. The van der Waals surface area contributed by atoms with Gasteiger partial charge in [0.2, 0.25) is 5.43 Å². The van der Waals surface area contributed by atoms with Crippen molar-refractivity contribution in [2.45, 2.75) is 20.4 Å². The summed E-state index contributed by atoms with van der Waals surface area (Å²) in [6.45, 7) is 4.53. The molecule has 0 amide bonds. The molecule has 0 unspecified atom stereocenters. The zero-order valence-corrected chi connectivity index (χ0v) is 16.3. The van der Waals surface area contributed by atoms with Crippen LogP contribution in [0.2, 0.25) is 0 Å². The number of para-hydroxylation sites is 1. The number of nitrogens with zero attached hydrogens (tertiary/aromatic N) is 4. The first-order chi connectivity index (χ1) is 13.1. The summed E-state index contributed by atoms with van der Waals surface area (Å²) >= 11 is 3.45. The van der Waals surface area contributed by atoms with Gasteiger partial charge in [-0.2, -0.15) is 0 Å². The molecule has 0 saturated carbocycles. The van der Waals surface area contributed by atoms with Gasteiger partial charge < -0.3 is 14.3 Å². The molecule has 0 aliphatic heterocycles. The van der Waals surface area contributed by atoms with E-state index in [9.17, 15) is 4.79 Å². The molecule has 136 valence electrons. The van der Waals surface area contributed by atoms with Crippen LogP contribution in [0.5, 0.6) is 0 Å². The molecule has 0 bridgehead atoms. The highest BCUT2D eigenvalue weighted by atomic mass is 79.9. The molecular formula is C19H16BrN5O2. The Balaban J connectivity index is 1.81. The predicted molar refractivity (Wildman–Crippen MR) is 107 cm³/mol. The van der Waals surface area contributed by atoms with E-state index in [1.807, 2.05) is 48.7 Å². The molecule has 1 aromatic carbocycles. The minimum absolute atomic E-state index is 0.166. The molecule has 0 spiro atoms. The summed E-state index contributed by atoms with van der Waals surface area (Å²) in [7, 11) is 0. The van der Waals surface area contributed by atoms with E-state index in [4.69, 9.17) is 4.42 Å². The summed E-state index contributed by atoms with van der Waals surface area (Å²) in [6.07, 6.45) is 1.71. The Bertz CT molecular complexity index is 1180. The first kappa shape index (κ1) is 17.4. The van der Waals surface area contributed by atoms with Crippen LogP contribution in [0.25, 0.3) is 22.5 Å². The number of nitrogens with one attached hydrogen (secondary N) is 1. The van der Waals surface area contributed by atoms with E-state index in [1.54, 1.807) is 12.3 Å². The Kier molecular flexibility index (Phi) is 4.49. The normalized spacial score (nSPS) is 11.1. The smallest absolute Gasteiger partial charge is 0.320 e. The van der Waals surface area contributed by atoms with Crippen molar-refractivity contribution in [3.8, 4) is 11.5 Å². The van der Waals surface area contributed by atoms with Crippen LogP contribution in [0.1, 0.15) is 12.6 Å². The molecule has 0 aliphatic carbocycles. The minimum atomic E-state index is -0.196. The fourth-order valence-electron chi connectivity index (χ4n) is 2.80. The maximum absolute atomic E-state index is 13.0. The van der Waals surface area contributed by atoms with Crippen LogP contribution >= 0.6 is 15.9 Å². The van der Waals surface area contributed by atoms with E-state index in [0.29, 0.717) is 23.1 Å². The van der Waals surface area contributed by atoms with Crippen molar-refractivity contribution >= 4 is 38.7 Å². The van der Waals surface area contributed by atoms with Crippen LogP contribution in [-0.4, -0.2) is 19.7 Å². The zero-order valence-electron chi connectivity index (χ0n) is 14.7. The van der Waals surface area contributed by atoms with Crippen LogP contribution in [-0.2, 0) is 6.54 Å². The highest BCUT2D eigenvalue weighted by Gasteiger charge is 2.17. The van der Waals surface area contributed by atoms with E-state index < -0.39 is 0 Å². The third kappa shape index (κ3) is 3.23. The number of benzene rings is 1. The van der Waals surface area contributed by atoms with Crippen LogP contribution in [0.15, 0.2) is 56.3 Å². The number of rotatable bonds is 4. The largest absolute Gasteiger partial charge is 0.403 e. The fourth-order valence-corrected chi connectivity index (χ4v) is 3.11. The topological polar surface area (TPSA) is 85.8 Å². The number of hydrogen-bond donors (Lipinski definition) is 1. The molecule has 8 heteroatoms. The van der Waals surface area contributed by atoms with Gasteiger partial charge in [0.05, 0.1) is 11.1 Å². The highest BCUT2D eigenvalue weighted by molar-refractivity contribution is 9.10. The lowest BCUT2D eigenvalue weighted by molar-refractivity contribution is 0.586. The van der Waals surface area contributed by atoms with Crippen LogP contribution in [0.4, 0.5) is 11.7 Å². The van der Waals surface area contributed by atoms with Crippen LogP contribution in [0.3, 0.4) is 0 Å². The summed E-state index contributed by atoms with van der Waals surface area (Å²) in [4.78, 5) is 17.5. The van der Waals surface area contributed by atoms with Crippen molar-refractivity contribution in [1.82, 2.24) is 19.7 Å². The molecule has 0 saturated heterocycles. The van der Waals surface area contributed by atoms with Gasteiger partial charge in [0.15, 0.2) is 0 Å². The Hall–Kier alpha value is -3.00. The van der Waals surface area contributed by atoms with Crippen molar-refractivity contribution in [1.29, 1.82) is 0 Å². The standard InChI is InChI=1S/C19H16BrN5O2/c1-3-25-10-14(16(26)13-9-15(20)11(2)21-17(13)25)18-23-24-19(27-18)22-12-7-5-4-6-8-12/h4-10H,3H2,1-2H3,(H,22,24). The van der Waals surface area contributed by atoms with Gasteiger partial charge in [-0.25, -0.2) is 4.98 Å². The van der Waals surface area contributed by atoms with Gasteiger partial charge in [0.25, 0.3) is 5.89 Å². The van der Waals surface area contributed by atoms with Crippen molar-refractivity contribution in [3.63, 3.8) is 0 Å². The van der Waals surface area contributed by atoms with E-state index in [0.717, 1.165) is 15.9 Å². The molecule has 0 aliphatic rings. The molecule has 3 heterocycles. The second kappa shape index (κ2) is 6.96. The molecule has 4 rings (SSSR count). The Labute approximate surface area is 163 Å².